The Kier molecular flexibility index (Phi) is 7.46. The van der Waals surface area contributed by atoms with Crippen LogP contribution in [0, 0.1) is 29.3 Å². The lowest BCUT2D eigenvalue weighted by atomic mass is 9.91. The zero-order chi connectivity index (χ0) is 27.7. The van der Waals surface area contributed by atoms with Crippen LogP contribution in [0.3, 0.4) is 0 Å². The number of rotatable bonds is 9. The lowest BCUT2D eigenvalue weighted by Crippen LogP contribution is -2.34. The van der Waals surface area contributed by atoms with Crippen molar-refractivity contribution in [1.82, 2.24) is 4.90 Å². The molecule has 204 valence electrons. The van der Waals surface area contributed by atoms with Crippen LogP contribution in [0.2, 0.25) is 0 Å². The molecule has 0 unspecified atom stereocenters. The molecule has 0 aromatic heterocycles. The molecule has 3 atom stereocenters. The van der Waals surface area contributed by atoms with E-state index in [1.807, 2.05) is 4.90 Å². The van der Waals surface area contributed by atoms with Crippen molar-refractivity contribution in [3.8, 4) is 11.5 Å². The van der Waals surface area contributed by atoms with E-state index in [1.165, 1.54) is 30.3 Å². The number of ether oxygens (including phenoxy) is 1. The van der Waals surface area contributed by atoms with Crippen LogP contribution >= 0.6 is 0 Å². The van der Waals surface area contributed by atoms with Crippen LogP contribution in [-0.4, -0.2) is 58.5 Å². The molecule has 5 rings (SSSR count). The van der Waals surface area contributed by atoms with Gasteiger partial charge < -0.3 is 14.9 Å². The number of phenols is 1. The molecule has 0 amide bonds. The van der Waals surface area contributed by atoms with Gasteiger partial charge in [-0.1, -0.05) is 12.1 Å². The van der Waals surface area contributed by atoms with E-state index in [-0.39, 0.29) is 46.9 Å². The van der Waals surface area contributed by atoms with E-state index >= 15 is 0 Å². The van der Waals surface area contributed by atoms with Gasteiger partial charge in [-0.05, 0) is 78.8 Å². The first kappa shape index (κ1) is 26.9. The van der Waals surface area contributed by atoms with Crippen molar-refractivity contribution in [1.29, 1.82) is 0 Å². The Bertz CT molecular complexity index is 1380. The summed E-state index contributed by atoms with van der Waals surface area (Å²) in [5, 5.41) is 20.3. The summed E-state index contributed by atoms with van der Waals surface area (Å²) >= 11 is 0. The van der Waals surface area contributed by atoms with Crippen LogP contribution in [0.1, 0.15) is 39.1 Å². The van der Waals surface area contributed by atoms with Gasteiger partial charge >= 0.3 is 0 Å². The molecule has 0 radical (unpaired) electrons. The smallest absolute Gasteiger partial charge is 0.200 e. The summed E-state index contributed by atoms with van der Waals surface area (Å²) in [4.78, 5) is 27.1. The number of benzene rings is 3. The number of hydrogen-bond acceptors (Lipinski definition) is 6. The SMILES string of the molecule is O=C(COc1ccc(C(=O)CN2C[C@@H]3C[C@@](O)(Cc4ccc(F)cc4)C[C@@H]3C2)cc1F)c1ccc(O)c(F)c1. The van der Waals surface area contributed by atoms with Crippen molar-refractivity contribution in [2.45, 2.75) is 24.9 Å². The molecule has 2 aliphatic rings. The highest BCUT2D eigenvalue weighted by Crippen LogP contribution is 2.45. The minimum absolute atomic E-state index is 0.0261. The number of phenolic OH excluding ortho intramolecular Hbond substituents is 1. The highest BCUT2D eigenvalue weighted by atomic mass is 19.1. The Balaban J connectivity index is 1.12. The molecule has 2 N–H and O–H groups in total. The average Bonchev–Trinajstić information content (AvgIpc) is 3.39. The normalized spacial score (nSPS) is 22.6. The van der Waals surface area contributed by atoms with Crippen LogP contribution in [0.5, 0.6) is 11.5 Å². The molecule has 9 heteroatoms. The summed E-state index contributed by atoms with van der Waals surface area (Å²) in [5.41, 5.74) is 0.192. The Morgan fingerprint density at radius 3 is 2.13 bits per heavy atom. The summed E-state index contributed by atoms with van der Waals surface area (Å²) in [6, 6.07) is 13.1. The van der Waals surface area contributed by atoms with Crippen LogP contribution in [0.15, 0.2) is 60.7 Å². The summed E-state index contributed by atoms with van der Waals surface area (Å²) in [6.07, 6.45) is 1.68. The minimum atomic E-state index is -0.947. The molecule has 3 aromatic carbocycles. The Morgan fingerprint density at radius 1 is 0.872 bits per heavy atom. The molecule has 1 aliphatic heterocycles. The van der Waals surface area contributed by atoms with Gasteiger partial charge in [-0.15, -0.1) is 0 Å². The van der Waals surface area contributed by atoms with Gasteiger partial charge in [-0.25, -0.2) is 13.2 Å². The van der Waals surface area contributed by atoms with Crippen LogP contribution in [-0.2, 0) is 6.42 Å². The zero-order valence-corrected chi connectivity index (χ0v) is 21.1. The van der Waals surface area contributed by atoms with Gasteiger partial charge in [0, 0.05) is 30.6 Å². The first-order chi connectivity index (χ1) is 18.6. The Labute approximate surface area is 223 Å². The molecule has 1 aliphatic carbocycles. The molecule has 1 saturated heterocycles. The first-order valence-corrected chi connectivity index (χ1v) is 12.7. The first-order valence-electron chi connectivity index (χ1n) is 12.7. The van der Waals surface area contributed by atoms with E-state index in [9.17, 15) is 33.0 Å². The van der Waals surface area contributed by atoms with Gasteiger partial charge in [-0.3, -0.25) is 14.5 Å². The zero-order valence-electron chi connectivity index (χ0n) is 21.1. The molecule has 1 saturated carbocycles. The summed E-state index contributed by atoms with van der Waals surface area (Å²) in [5.74, 6) is -3.21. The number of nitrogens with zero attached hydrogens (tertiary/aromatic N) is 1. The Hall–Kier alpha value is -3.69. The maximum Gasteiger partial charge on any atom is 0.200 e. The van der Waals surface area contributed by atoms with Crippen molar-refractivity contribution in [2.75, 3.05) is 26.2 Å². The number of carbonyl (C=O) groups is 2. The lowest BCUT2D eigenvalue weighted by Gasteiger charge is -2.26. The number of Topliss-reactive ketones (excluding diaryl/α,β-unsaturated/α-hetero) is 2. The van der Waals surface area contributed by atoms with Gasteiger partial charge in [0.15, 0.2) is 41.3 Å². The fraction of sp³-hybridized carbons (Fsp3) is 0.333. The number of ketones is 2. The van der Waals surface area contributed by atoms with E-state index < -0.39 is 35.4 Å². The highest BCUT2D eigenvalue weighted by Gasteiger charge is 2.48. The standard InChI is InChI=1S/C30H28F3NO5/c31-23-5-1-18(2-6-23)11-30(38)12-21-14-34(15-22(21)13-30)16-27(36)19-4-8-29(25(33)10-19)39-17-28(37)20-3-7-26(35)24(32)9-20/h1-10,21-22,35,38H,11-17H2/t21-,22+,30-. The second-order valence-electron chi connectivity index (χ2n) is 10.6. The third-order valence-electron chi connectivity index (χ3n) is 7.63. The molecule has 2 fully saturated rings. The van der Waals surface area contributed by atoms with Crippen LogP contribution in [0.25, 0.3) is 0 Å². The largest absolute Gasteiger partial charge is 0.505 e. The fourth-order valence-electron chi connectivity index (χ4n) is 5.81. The predicted molar refractivity (Wildman–Crippen MR) is 136 cm³/mol. The van der Waals surface area contributed by atoms with Crippen molar-refractivity contribution >= 4 is 11.6 Å². The minimum Gasteiger partial charge on any atom is -0.505 e. The van der Waals surface area contributed by atoms with E-state index in [2.05, 4.69) is 0 Å². The number of aliphatic hydroxyl groups is 1. The molecule has 0 bridgehead atoms. The van der Waals surface area contributed by atoms with Crippen molar-refractivity contribution in [2.24, 2.45) is 11.8 Å². The number of aromatic hydroxyl groups is 1. The molecule has 6 nitrogen and oxygen atoms in total. The van der Waals surface area contributed by atoms with Crippen molar-refractivity contribution < 1.29 is 37.7 Å². The van der Waals surface area contributed by atoms with Crippen LogP contribution < -0.4 is 4.74 Å². The second-order valence-corrected chi connectivity index (χ2v) is 10.6. The third-order valence-corrected chi connectivity index (χ3v) is 7.63. The fourth-order valence-corrected chi connectivity index (χ4v) is 5.81. The van der Waals surface area contributed by atoms with Gasteiger partial charge in [0.1, 0.15) is 5.82 Å². The third kappa shape index (κ3) is 6.15. The quantitative estimate of drug-likeness (QED) is 0.388. The Morgan fingerprint density at radius 2 is 1.49 bits per heavy atom. The molecule has 0 spiro atoms. The maximum atomic E-state index is 14.6. The highest BCUT2D eigenvalue weighted by molar-refractivity contribution is 5.98. The second kappa shape index (κ2) is 10.8. The average molecular weight is 540 g/mol. The van der Waals surface area contributed by atoms with E-state index in [4.69, 9.17) is 4.74 Å². The lowest BCUT2D eigenvalue weighted by molar-refractivity contribution is 0.0355. The van der Waals surface area contributed by atoms with Gasteiger partial charge in [0.05, 0.1) is 12.1 Å². The molecule has 3 aromatic rings. The predicted octanol–water partition coefficient (Wildman–Crippen LogP) is 4.57. The summed E-state index contributed by atoms with van der Waals surface area (Å²) in [6.45, 7) is 0.893. The topological polar surface area (TPSA) is 87.1 Å². The van der Waals surface area contributed by atoms with Crippen molar-refractivity contribution in [3.63, 3.8) is 0 Å². The molecule has 1 heterocycles. The summed E-state index contributed by atoms with van der Waals surface area (Å²) in [7, 11) is 0. The number of fused-ring (bicyclic) bond motifs is 1. The molecular weight excluding hydrogens is 511 g/mol. The van der Waals surface area contributed by atoms with Crippen molar-refractivity contribution in [3.05, 3.63) is 94.8 Å². The number of halogens is 3. The van der Waals surface area contributed by atoms with Gasteiger partial charge in [-0.2, -0.15) is 0 Å². The van der Waals surface area contributed by atoms with Crippen LogP contribution in [0.4, 0.5) is 13.2 Å². The number of likely N-dealkylation sites (tertiary alicyclic amines) is 1. The maximum absolute atomic E-state index is 14.6. The molecular formula is C30H28F3NO5. The van der Waals surface area contributed by atoms with Gasteiger partial charge in [0.2, 0.25) is 0 Å². The number of carbonyl (C=O) groups excluding carboxylic acids is 2. The van der Waals surface area contributed by atoms with E-state index in [0.29, 0.717) is 32.4 Å². The monoisotopic (exact) mass is 539 g/mol. The molecule has 39 heavy (non-hydrogen) atoms. The number of hydrogen-bond donors (Lipinski definition) is 2. The summed E-state index contributed by atoms with van der Waals surface area (Å²) < 4.78 is 46.5. The van der Waals surface area contributed by atoms with Gasteiger partial charge in [0.25, 0.3) is 0 Å². The van der Waals surface area contributed by atoms with E-state index in [0.717, 1.165) is 23.8 Å². The van der Waals surface area contributed by atoms with E-state index in [1.54, 1.807) is 12.1 Å².